The van der Waals surface area contributed by atoms with E-state index in [1.807, 2.05) is 65.6 Å². The first kappa shape index (κ1) is 20.3. The van der Waals surface area contributed by atoms with Crippen molar-refractivity contribution in [2.75, 3.05) is 33.2 Å². The van der Waals surface area contributed by atoms with Crippen molar-refractivity contribution in [1.29, 1.82) is 0 Å². The molecule has 3 heterocycles. The van der Waals surface area contributed by atoms with Crippen molar-refractivity contribution in [3.8, 4) is 0 Å². The van der Waals surface area contributed by atoms with Crippen LogP contribution in [0, 0.1) is 11.8 Å². The van der Waals surface area contributed by atoms with Gasteiger partial charge in [0.15, 0.2) is 0 Å². The molecule has 0 saturated carbocycles. The predicted octanol–water partition coefficient (Wildman–Crippen LogP) is 3.24. The maximum atomic E-state index is 12.6. The van der Waals surface area contributed by atoms with Gasteiger partial charge in [0.2, 0.25) is 0 Å². The van der Waals surface area contributed by atoms with Gasteiger partial charge in [0.1, 0.15) is 17.3 Å². The van der Waals surface area contributed by atoms with Gasteiger partial charge in [0.25, 0.3) is 5.91 Å². The number of hydrogen-bond acceptors (Lipinski definition) is 5. The fourth-order valence-corrected chi connectivity index (χ4v) is 4.83. The van der Waals surface area contributed by atoms with Crippen molar-refractivity contribution in [3.05, 3.63) is 71.8 Å². The number of carbonyl (C=O) groups excluding carboxylic acids is 2. The zero-order chi connectivity index (χ0) is 22.1. The highest BCUT2D eigenvalue weighted by atomic mass is 16.2. The molecule has 2 unspecified atom stereocenters. The average Bonchev–Trinajstić information content (AvgIpc) is 3.52. The number of H-pyrrole nitrogens is 1. The van der Waals surface area contributed by atoms with Gasteiger partial charge in [-0.15, -0.1) is 0 Å². The number of amides is 1. The van der Waals surface area contributed by atoms with Gasteiger partial charge in [-0.05, 0) is 53.9 Å². The summed E-state index contributed by atoms with van der Waals surface area (Å²) in [5.41, 5.74) is 2.98. The molecule has 2 saturated heterocycles. The minimum absolute atomic E-state index is 0.118. The molecule has 1 N–H and O–H groups in total. The molecule has 162 valence electrons. The summed E-state index contributed by atoms with van der Waals surface area (Å²) < 4.78 is 0. The number of hydrogen-bond donors (Lipinski definition) is 1. The monoisotopic (exact) mass is 427 g/mol. The number of nitrogens with one attached hydrogen (secondary N) is 1. The molecule has 2 fully saturated rings. The molecule has 1 aromatic heterocycles. The van der Waals surface area contributed by atoms with Crippen LogP contribution in [-0.4, -0.2) is 70.6 Å². The van der Waals surface area contributed by atoms with E-state index in [-0.39, 0.29) is 5.91 Å². The minimum Gasteiger partial charge on any atom is -0.338 e. The molecule has 7 heteroatoms. The molecular weight excluding hydrogens is 402 g/mol. The van der Waals surface area contributed by atoms with E-state index in [1.54, 1.807) is 0 Å². The number of aromatic amines is 1. The minimum atomic E-state index is 0.118. The van der Waals surface area contributed by atoms with Crippen LogP contribution in [0.25, 0.3) is 21.8 Å². The number of rotatable bonds is 2. The SMILES string of the molecule is CN1CC2CN(C(=O)c3ccc4n[nH]nc4c3)CC2C1.O=Cc1ccc2ccccc2c1. The van der Waals surface area contributed by atoms with Crippen LogP contribution in [0.4, 0.5) is 0 Å². The van der Waals surface area contributed by atoms with Gasteiger partial charge >= 0.3 is 0 Å². The van der Waals surface area contributed by atoms with Gasteiger partial charge in [-0.3, -0.25) is 9.59 Å². The van der Waals surface area contributed by atoms with E-state index in [0.29, 0.717) is 17.4 Å². The summed E-state index contributed by atoms with van der Waals surface area (Å²) in [6, 6.07) is 19.2. The molecule has 3 aromatic carbocycles. The third-order valence-electron chi connectivity index (χ3n) is 6.43. The zero-order valence-corrected chi connectivity index (χ0v) is 17.9. The Labute approximate surface area is 186 Å². The number of carbonyl (C=O) groups is 2. The molecule has 2 aliphatic rings. The lowest BCUT2D eigenvalue weighted by molar-refractivity contribution is 0.0776. The quantitative estimate of drug-likeness (QED) is 0.497. The van der Waals surface area contributed by atoms with E-state index in [0.717, 1.165) is 54.4 Å². The van der Waals surface area contributed by atoms with Gasteiger partial charge in [-0.1, -0.05) is 36.4 Å². The number of nitrogens with zero attached hydrogens (tertiary/aromatic N) is 4. The fraction of sp³-hybridized carbons (Fsp3) is 0.280. The van der Waals surface area contributed by atoms with Crippen LogP contribution in [0.3, 0.4) is 0 Å². The van der Waals surface area contributed by atoms with Crippen molar-refractivity contribution in [1.82, 2.24) is 25.2 Å². The summed E-state index contributed by atoms with van der Waals surface area (Å²) >= 11 is 0. The van der Waals surface area contributed by atoms with Crippen LogP contribution in [0.1, 0.15) is 20.7 Å². The summed E-state index contributed by atoms with van der Waals surface area (Å²) in [5, 5.41) is 12.9. The normalized spacial score (nSPS) is 20.2. The zero-order valence-electron chi connectivity index (χ0n) is 17.9. The Hall–Kier alpha value is -3.58. The van der Waals surface area contributed by atoms with Crippen molar-refractivity contribution >= 4 is 34.0 Å². The molecule has 0 radical (unpaired) electrons. The summed E-state index contributed by atoms with van der Waals surface area (Å²) in [6.07, 6.45) is 0.867. The third-order valence-corrected chi connectivity index (χ3v) is 6.43. The van der Waals surface area contributed by atoms with Crippen molar-refractivity contribution in [2.45, 2.75) is 0 Å². The van der Waals surface area contributed by atoms with Gasteiger partial charge in [0.05, 0.1) is 0 Å². The lowest BCUT2D eigenvalue weighted by atomic mass is 10.0. The van der Waals surface area contributed by atoms with E-state index in [9.17, 15) is 9.59 Å². The molecule has 7 nitrogen and oxygen atoms in total. The number of benzene rings is 3. The first-order valence-electron chi connectivity index (χ1n) is 10.8. The third kappa shape index (κ3) is 3.99. The molecular formula is C25H25N5O2. The highest BCUT2D eigenvalue weighted by Crippen LogP contribution is 2.31. The highest BCUT2D eigenvalue weighted by molar-refractivity contribution is 5.97. The van der Waals surface area contributed by atoms with Crippen LogP contribution in [0.5, 0.6) is 0 Å². The largest absolute Gasteiger partial charge is 0.338 e. The van der Waals surface area contributed by atoms with E-state index >= 15 is 0 Å². The lowest BCUT2D eigenvalue weighted by Gasteiger charge is -2.19. The molecule has 6 rings (SSSR count). The number of aromatic nitrogens is 3. The Bertz CT molecular complexity index is 1270. The van der Waals surface area contributed by atoms with E-state index in [4.69, 9.17) is 0 Å². The van der Waals surface area contributed by atoms with Gasteiger partial charge in [-0.2, -0.15) is 15.4 Å². The van der Waals surface area contributed by atoms with Gasteiger partial charge < -0.3 is 9.80 Å². The van der Waals surface area contributed by atoms with Crippen molar-refractivity contribution in [2.24, 2.45) is 11.8 Å². The molecule has 1 amide bonds. The van der Waals surface area contributed by atoms with Crippen LogP contribution < -0.4 is 0 Å². The predicted molar refractivity (Wildman–Crippen MR) is 124 cm³/mol. The van der Waals surface area contributed by atoms with E-state index in [2.05, 4.69) is 27.4 Å². The summed E-state index contributed by atoms with van der Waals surface area (Å²) in [4.78, 5) is 27.4. The summed E-state index contributed by atoms with van der Waals surface area (Å²) in [7, 11) is 2.16. The second-order valence-corrected chi connectivity index (χ2v) is 8.70. The Morgan fingerprint density at radius 2 is 1.62 bits per heavy atom. The number of likely N-dealkylation sites (tertiary alicyclic amines) is 2. The highest BCUT2D eigenvalue weighted by Gasteiger charge is 2.40. The van der Waals surface area contributed by atoms with Crippen LogP contribution in [0.15, 0.2) is 60.7 Å². The van der Waals surface area contributed by atoms with Gasteiger partial charge in [-0.25, -0.2) is 0 Å². The first-order valence-corrected chi connectivity index (χ1v) is 10.8. The van der Waals surface area contributed by atoms with Crippen LogP contribution in [0.2, 0.25) is 0 Å². The second kappa shape index (κ2) is 8.51. The molecule has 4 aromatic rings. The van der Waals surface area contributed by atoms with Gasteiger partial charge in [0, 0.05) is 37.3 Å². The summed E-state index contributed by atoms with van der Waals surface area (Å²) in [6.45, 7) is 3.98. The number of fused-ring (bicyclic) bond motifs is 3. The second-order valence-electron chi connectivity index (χ2n) is 8.70. The first-order chi connectivity index (χ1) is 15.6. The molecule has 0 bridgehead atoms. The molecule has 2 aliphatic heterocycles. The maximum absolute atomic E-state index is 12.6. The Kier molecular flexibility index (Phi) is 5.41. The Morgan fingerprint density at radius 3 is 2.38 bits per heavy atom. The van der Waals surface area contributed by atoms with E-state index < -0.39 is 0 Å². The Balaban J connectivity index is 0.000000154. The van der Waals surface area contributed by atoms with Crippen molar-refractivity contribution in [3.63, 3.8) is 0 Å². The molecule has 2 atom stereocenters. The number of aldehydes is 1. The van der Waals surface area contributed by atoms with Crippen molar-refractivity contribution < 1.29 is 9.59 Å². The van der Waals surface area contributed by atoms with E-state index in [1.165, 1.54) is 5.39 Å². The molecule has 0 spiro atoms. The fourth-order valence-electron chi connectivity index (χ4n) is 4.83. The summed E-state index contributed by atoms with van der Waals surface area (Å²) in [5.74, 6) is 1.39. The maximum Gasteiger partial charge on any atom is 0.253 e. The average molecular weight is 428 g/mol. The van der Waals surface area contributed by atoms with Crippen LogP contribution >= 0.6 is 0 Å². The molecule has 32 heavy (non-hydrogen) atoms. The Morgan fingerprint density at radius 1 is 0.906 bits per heavy atom. The molecule has 0 aliphatic carbocycles. The topological polar surface area (TPSA) is 82.2 Å². The smallest absolute Gasteiger partial charge is 0.253 e. The standard InChI is InChI=1S/C14H17N5O.C11H8O/c1-18-5-10-7-19(8-11(10)6-18)14(20)9-2-3-12-13(4-9)16-17-15-12;12-8-9-5-6-10-3-1-2-4-11(10)7-9/h2-4,10-11H,5-8H2,1H3,(H,15,16,17);1-8H. The lowest BCUT2D eigenvalue weighted by Crippen LogP contribution is -2.32. The van der Waals surface area contributed by atoms with Crippen LogP contribution in [-0.2, 0) is 0 Å².